The SMILES string of the molecule is CC(=O)N1CCCCC1C(=O)Nc1cnn(Cc2ccccc2)c1. The maximum absolute atomic E-state index is 12.5. The average molecular weight is 326 g/mol. The van der Waals surface area contributed by atoms with Crippen molar-refractivity contribution in [2.24, 2.45) is 0 Å². The Kier molecular flexibility index (Phi) is 4.93. The van der Waals surface area contributed by atoms with Gasteiger partial charge in [-0.2, -0.15) is 5.10 Å². The van der Waals surface area contributed by atoms with Gasteiger partial charge in [0, 0.05) is 19.7 Å². The van der Waals surface area contributed by atoms with E-state index >= 15 is 0 Å². The number of rotatable bonds is 4. The molecule has 2 heterocycles. The van der Waals surface area contributed by atoms with Gasteiger partial charge in [0.25, 0.3) is 0 Å². The lowest BCUT2D eigenvalue weighted by Gasteiger charge is -2.33. The highest BCUT2D eigenvalue weighted by Gasteiger charge is 2.30. The van der Waals surface area contributed by atoms with E-state index in [9.17, 15) is 9.59 Å². The predicted octanol–water partition coefficient (Wildman–Crippen LogP) is 2.27. The zero-order chi connectivity index (χ0) is 16.9. The Morgan fingerprint density at radius 3 is 2.79 bits per heavy atom. The van der Waals surface area contributed by atoms with E-state index in [1.165, 1.54) is 6.92 Å². The summed E-state index contributed by atoms with van der Waals surface area (Å²) in [5.74, 6) is -0.182. The summed E-state index contributed by atoms with van der Waals surface area (Å²) in [5.41, 5.74) is 1.80. The third kappa shape index (κ3) is 3.82. The van der Waals surface area contributed by atoms with Crippen molar-refractivity contribution >= 4 is 17.5 Å². The molecule has 1 atom stereocenters. The lowest BCUT2D eigenvalue weighted by Crippen LogP contribution is -2.49. The number of hydrogen-bond acceptors (Lipinski definition) is 3. The van der Waals surface area contributed by atoms with Crippen molar-refractivity contribution in [1.29, 1.82) is 0 Å². The highest BCUT2D eigenvalue weighted by molar-refractivity contribution is 5.96. The van der Waals surface area contributed by atoms with Crippen LogP contribution < -0.4 is 5.32 Å². The van der Waals surface area contributed by atoms with Crippen molar-refractivity contribution in [3.63, 3.8) is 0 Å². The highest BCUT2D eigenvalue weighted by Crippen LogP contribution is 2.19. The number of benzene rings is 1. The lowest BCUT2D eigenvalue weighted by atomic mass is 10.0. The minimum Gasteiger partial charge on any atom is -0.331 e. The molecule has 2 amide bonds. The Morgan fingerprint density at radius 2 is 2.04 bits per heavy atom. The molecule has 0 radical (unpaired) electrons. The maximum atomic E-state index is 12.5. The number of likely N-dealkylation sites (tertiary alicyclic amines) is 1. The molecule has 1 aliphatic heterocycles. The summed E-state index contributed by atoms with van der Waals surface area (Å²) in [6.45, 7) is 2.82. The van der Waals surface area contributed by atoms with Crippen molar-refractivity contribution in [3.8, 4) is 0 Å². The molecule has 1 N–H and O–H groups in total. The normalized spacial score (nSPS) is 17.5. The van der Waals surface area contributed by atoms with E-state index in [0.29, 0.717) is 25.2 Å². The van der Waals surface area contributed by atoms with Crippen LogP contribution in [0.15, 0.2) is 42.7 Å². The van der Waals surface area contributed by atoms with Crippen molar-refractivity contribution in [2.45, 2.75) is 38.8 Å². The fraction of sp³-hybridized carbons (Fsp3) is 0.389. The number of nitrogens with zero attached hydrogens (tertiary/aromatic N) is 3. The molecule has 2 aromatic rings. The molecule has 1 saturated heterocycles. The molecule has 1 unspecified atom stereocenters. The predicted molar refractivity (Wildman–Crippen MR) is 91.4 cm³/mol. The van der Waals surface area contributed by atoms with E-state index in [4.69, 9.17) is 0 Å². The van der Waals surface area contributed by atoms with Crippen LogP contribution in [0.5, 0.6) is 0 Å². The molecular weight excluding hydrogens is 304 g/mol. The van der Waals surface area contributed by atoms with Gasteiger partial charge in [-0.25, -0.2) is 0 Å². The summed E-state index contributed by atoms with van der Waals surface area (Å²) < 4.78 is 1.79. The third-order valence-corrected chi connectivity index (χ3v) is 4.30. The standard InChI is InChI=1S/C18H22N4O2/c1-14(23)22-10-6-5-9-17(22)18(24)20-16-11-19-21(13-16)12-15-7-3-2-4-8-15/h2-4,7-8,11,13,17H,5-6,9-10,12H2,1H3,(H,20,24). The van der Waals surface area contributed by atoms with E-state index in [-0.39, 0.29) is 17.9 Å². The second kappa shape index (κ2) is 7.29. The molecule has 0 saturated carbocycles. The molecule has 1 aliphatic rings. The first-order valence-corrected chi connectivity index (χ1v) is 8.28. The van der Waals surface area contributed by atoms with Gasteiger partial charge in [0.15, 0.2) is 0 Å². The van der Waals surface area contributed by atoms with Gasteiger partial charge in [0.1, 0.15) is 6.04 Å². The molecule has 0 bridgehead atoms. The van der Waals surface area contributed by atoms with Gasteiger partial charge in [-0.3, -0.25) is 14.3 Å². The van der Waals surface area contributed by atoms with Gasteiger partial charge >= 0.3 is 0 Å². The fourth-order valence-corrected chi connectivity index (χ4v) is 3.09. The van der Waals surface area contributed by atoms with Crippen molar-refractivity contribution in [1.82, 2.24) is 14.7 Å². The van der Waals surface area contributed by atoms with Crippen LogP contribution in [0.1, 0.15) is 31.7 Å². The molecule has 1 aromatic heterocycles. The highest BCUT2D eigenvalue weighted by atomic mass is 16.2. The summed E-state index contributed by atoms with van der Waals surface area (Å²) in [6.07, 6.45) is 6.09. The molecule has 3 rings (SSSR count). The quantitative estimate of drug-likeness (QED) is 0.937. The van der Waals surface area contributed by atoms with Crippen LogP contribution >= 0.6 is 0 Å². The largest absolute Gasteiger partial charge is 0.331 e. The molecule has 1 fully saturated rings. The minimum absolute atomic E-state index is 0.0466. The average Bonchev–Trinajstić information content (AvgIpc) is 3.02. The van der Waals surface area contributed by atoms with Crippen LogP contribution in [0.25, 0.3) is 0 Å². The van der Waals surface area contributed by atoms with Crippen LogP contribution in [-0.4, -0.2) is 39.1 Å². The second-order valence-corrected chi connectivity index (χ2v) is 6.13. The number of carbonyl (C=O) groups excluding carboxylic acids is 2. The number of amides is 2. The van der Waals surface area contributed by atoms with Gasteiger partial charge in [-0.15, -0.1) is 0 Å². The molecule has 126 valence electrons. The van der Waals surface area contributed by atoms with Gasteiger partial charge in [-0.1, -0.05) is 30.3 Å². The molecule has 24 heavy (non-hydrogen) atoms. The van der Waals surface area contributed by atoms with Crippen molar-refractivity contribution in [3.05, 3.63) is 48.3 Å². The number of piperidine rings is 1. The molecule has 6 heteroatoms. The van der Waals surface area contributed by atoms with E-state index in [0.717, 1.165) is 18.4 Å². The van der Waals surface area contributed by atoms with Crippen LogP contribution in [-0.2, 0) is 16.1 Å². The number of carbonyl (C=O) groups is 2. The number of aromatic nitrogens is 2. The van der Waals surface area contributed by atoms with Gasteiger partial charge in [0.05, 0.1) is 18.4 Å². The van der Waals surface area contributed by atoms with E-state index in [1.807, 2.05) is 36.5 Å². The summed E-state index contributed by atoms with van der Waals surface area (Å²) in [4.78, 5) is 25.9. The van der Waals surface area contributed by atoms with E-state index in [1.54, 1.807) is 15.8 Å². The maximum Gasteiger partial charge on any atom is 0.247 e. The third-order valence-electron chi connectivity index (χ3n) is 4.30. The lowest BCUT2D eigenvalue weighted by molar-refractivity contribution is -0.138. The van der Waals surface area contributed by atoms with Crippen LogP contribution in [0.4, 0.5) is 5.69 Å². The van der Waals surface area contributed by atoms with E-state index < -0.39 is 0 Å². The summed E-state index contributed by atoms with van der Waals surface area (Å²) in [6, 6.07) is 9.64. The van der Waals surface area contributed by atoms with E-state index in [2.05, 4.69) is 10.4 Å². The van der Waals surface area contributed by atoms with Crippen LogP contribution in [0.2, 0.25) is 0 Å². The number of anilines is 1. The Bertz CT molecular complexity index is 711. The Hall–Kier alpha value is -2.63. The fourth-order valence-electron chi connectivity index (χ4n) is 3.09. The summed E-state index contributed by atoms with van der Waals surface area (Å²) in [5, 5.41) is 7.17. The van der Waals surface area contributed by atoms with Gasteiger partial charge in [0.2, 0.25) is 11.8 Å². The second-order valence-electron chi connectivity index (χ2n) is 6.13. The first-order valence-electron chi connectivity index (χ1n) is 8.28. The smallest absolute Gasteiger partial charge is 0.247 e. The van der Waals surface area contributed by atoms with Crippen LogP contribution in [0, 0.1) is 0 Å². The zero-order valence-electron chi connectivity index (χ0n) is 13.8. The Balaban J connectivity index is 1.63. The topological polar surface area (TPSA) is 67.2 Å². The van der Waals surface area contributed by atoms with Gasteiger partial charge in [-0.05, 0) is 24.8 Å². The Labute approximate surface area is 141 Å². The molecule has 0 spiro atoms. The first kappa shape index (κ1) is 16.2. The monoisotopic (exact) mass is 326 g/mol. The first-order chi connectivity index (χ1) is 11.6. The molecule has 1 aromatic carbocycles. The molecule has 0 aliphatic carbocycles. The number of nitrogens with one attached hydrogen (secondary N) is 1. The molecule has 6 nitrogen and oxygen atoms in total. The van der Waals surface area contributed by atoms with Crippen molar-refractivity contribution in [2.75, 3.05) is 11.9 Å². The van der Waals surface area contributed by atoms with Crippen LogP contribution in [0.3, 0.4) is 0 Å². The summed E-state index contributed by atoms with van der Waals surface area (Å²) >= 11 is 0. The zero-order valence-corrected chi connectivity index (χ0v) is 13.8. The van der Waals surface area contributed by atoms with Crippen molar-refractivity contribution < 1.29 is 9.59 Å². The minimum atomic E-state index is -0.381. The van der Waals surface area contributed by atoms with Gasteiger partial charge < -0.3 is 10.2 Å². The Morgan fingerprint density at radius 1 is 1.25 bits per heavy atom. The summed E-state index contributed by atoms with van der Waals surface area (Å²) in [7, 11) is 0. The molecular formula is C18H22N4O2. The number of hydrogen-bond donors (Lipinski definition) is 1.